The molecule has 1 saturated heterocycles. The minimum absolute atomic E-state index is 0.121. The molecule has 0 unspecified atom stereocenters. The molecule has 4 N–H and O–H groups in total. The Balaban J connectivity index is 1.89. The van der Waals surface area contributed by atoms with Crippen LogP contribution in [-0.4, -0.2) is 106 Å². The summed E-state index contributed by atoms with van der Waals surface area (Å²) in [5.74, 6) is 1.54. The van der Waals surface area contributed by atoms with Crippen molar-refractivity contribution in [2.45, 2.75) is 25.9 Å². The van der Waals surface area contributed by atoms with Gasteiger partial charge in [-0.2, -0.15) is 9.97 Å². The van der Waals surface area contributed by atoms with Crippen LogP contribution in [0.5, 0.6) is 5.88 Å². The van der Waals surface area contributed by atoms with Crippen LogP contribution in [0.1, 0.15) is 24.8 Å². The van der Waals surface area contributed by atoms with Gasteiger partial charge in [0.05, 0.1) is 26.4 Å². The predicted molar refractivity (Wildman–Crippen MR) is 145 cm³/mol. The van der Waals surface area contributed by atoms with Crippen LogP contribution >= 0.6 is 0 Å². The Kier molecular flexibility index (Phi) is 10.2. The van der Waals surface area contributed by atoms with Crippen LogP contribution in [0.2, 0.25) is 0 Å². The third kappa shape index (κ3) is 6.76. The molecule has 3 aromatic rings. The van der Waals surface area contributed by atoms with E-state index in [0.717, 1.165) is 37.9 Å². The molecule has 12 heteroatoms. The van der Waals surface area contributed by atoms with Crippen LogP contribution in [0, 0.1) is 0 Å². The van der Waals surface area contributed by atoms with Gasteiger partial charge in [-0.05, 0) is 24.8 Å². The molecular formula is C26H37N7O5. The average Bonchev–Trinajstić information content (AvgIpc) is 2.96. The van der Waals surface area contributed by atoms with E-state index >= 15 is 0 Å². The fourth-order valence-corrected chi connectivity index (χ4v) is 4.49. The lowest BCUT2D eigenvalue weighted by atomic mass is 10.1. The number of fused-ring (bicyclic) bond motifs is 1. The van der Waals surface area contributed by atoms with E-state index in [9.17, 15) is 20.4 Å². The number of ether oxygens (including phenoxy) is 1. The molecule has 38 heavy (non-hydrogen) atoms. The van der Waals surface area contributed by atoms with Gasteiger partial charge >= 0.3 is 0 Å². The normalized spacial score (nSPS) is 13.6. The largest absolute Gasteiger partial charge is 0.471 e. The third-order valence-electron chi connectivity index (χ3n) is 6.39. The van der Waals surface area contributed by atoms with Gasteiger partial charge in [-0.15, -0.1) is 0 Å². The van der Waals surface area contributed by atoms with Gasteiger partial charge < -0.3 is 39.9 Å². The smallest absolute Gasteiger partial charge is 0.246 e. The van der Waals surface area contributed by atoms with E-state index < -0.39 is 0 Å². The Bertz CT molecular complexity index is 1140. The number of anilines is 3. The Morgan fingerprint density at radius 1 is 0.684 bits per heavy atom. The van der Waals surface area contributed by atoms with Crippen LogP contribution in [0.3, 0.4) is 0 Å². The fraction of sp³-hybridized carbons (Fsp3) is 0.538. The van der Waals surface area contributed by atoms with Gasteiger partial charge in [-0.3, -0.25) is 0 Å². The van der Waals surface area contributed by atoms with E-state index in [1.165, 1.54) is 0 Å². The summed E-state index contributed by atoms with van der Waals surface area (Å²) in [6.07, 6.45) is 3.18. The number of aliphatic hydroxyl groups is 4. The summed E-state index contributed by atoms with van der Waals surface area (Å²) in [5.41, 5.74) is 1.89. The summed E-state index contributed by atoms with van der Waals surface area (Å²) in [7, 11) is 0. The lowest BCUT2D eigenvalue weighted by molar-refractivity contribution is 0.277. The first-order valence-corrected chi connectivity index (χ1v) is 13.1. The van der Waals surface area contributed by atoms with Crippen molar-refractivity contribution in [1.82, 2.24) is 19.9 Å². The summed E-state index contributed by atoms with van der Waals surface area (Å²) in [5, 5.41) is 38.5. The van der Waals surface area contributed by atoms with Gasteiger partial charge in [0.2, 0.25) is 17.8 Å². The van der Waals surface area contributed by atoms with Crippen LogP contribution in [0.25, 0.3) is 11.0 Å². The van der Waals surface area contributed by atoms with Crippen LogP contribution in [-0.2, 0) is 6.61 Å². The number of benzene rings is 1. The minimum Gasteiger partial charge on any atom is -0.471 e. The van der Waals surface area contributed by atoms with Gasteiger partial charge in [0, 0.05) is 39.3 Å². The number of rotatable bonds is 14. The second-order valence-corrected chi connectivity index (χ2v) is 9.06. The topological polar surface area (TPSA) is 151 Å². The number of aromatic nitrogens is 4. The summed E-state index contributed by atoms with van der Waals surface area (Å²) in [6.45, 7) is 2.35. The van der Waals surface area contributed by atoms with Gasteiger partial charge in [0.15, 0.2) is 11.3 Å². The summed E-state index contributed by atoms with van der Waals surface area (Å²) < 4.78 is 6.22. The van der Waals surface area contributed by atoms with Crippen molar-refractivity contribution < 1.29 is 25.2 Å². The third-order valence-corrected chi connectivity index (χ3v) is 6.39. The van der Waals surface area contributed by atoms with Crippen LogP contribution < -0.4 is 19.4 Å². The van der Waals surface area contributed by atoms with Crippen molar-refractivity contribution in [2.24, 2.45) is 0 Å². The maximum Gasteiger partial charge on any atom is 0.246 e. The lowest BCUT2D eigenvalue weighted by Crippen LogP contribution is -2.34. The van der Waals surface area contributed by atoms with Crippen LogP contribution in [0.15, 0.2) is 30.3 Å². The summed E-state index contributed by atoms with van der Waals surface area (Å²) in [4.78, 5) is 24.7. The van der Waals surface area contributed by atoms with E-state index in [0.29, 0.717) is 28.7 Å². The number of aliphatic hydroxyl groups excluding tert-OH is 4. The van der Waals surface area contributed by atoms with Crippen molar-refractivity contribution in [3.05, 3.63) is 35.9 Å². The lowest BCUT2D eigenvalue weighted by Gasteiger charge is -2.30. The summed E-state index contributed by atoms with van der Waals surface area (Å²) in [6, 6.07) is 9.71. The quantitative estimate of drug-likeness (QED) is 0.232. The van der Waals surface area contributed by atoms with Gasteiger partial charge in [0.1, 0.15) is 12.1 Å². The fourth-order valence-electron chi connectivity index (χ4n) is 4.49. The van der Waals surface area contributed by atoms with Gasteiger partial charge in [0.25, 0.3) is 0 Å². The second-order valence-electron chi connectivity index (χ2n) is 9.06. The molecule has 0 radical (unpaired) electrons. The first-order valence-electron chi connectivity index (χ1n) is 13.1. The Hall–Kier alpha value is -3.32. The molecule has 3 heterocycles. The predicted octanol–water partition coefficient (Wildman–Crippen LogP) is 0.571. The average molecular weight is 528 g/mol. The SMILES string of the molecule is OCCN(CCO)c1nc(N2CCCCC2)c2nc(N(CCO)CCO)nc(OCc3ccccc3)c2n1. The maximum absolute atomic E-state index is 9.63. The van der Waals surface area contributed by atoms with Gasteiger partial charge in [-0.25, -0.2) is 9.97 Å². The zero-order valence-corrected chi connectivity index (χ0v) is 21.6. The van der Waals surface area contributed by atoms with E-state index in [1.807, 2.05) is 30.3 Å². The molecule has 12 nitrogen and oxygen atoms in total. The molecule has 0 amide bonds. The Labute approximate surface area is 222 Å². The summed E-state index contributed by atoms with van der Waals surface area (Å²) >= 11 is 0. The van der Waals surface area contributed by atoms with E-state index in [1.54, 1.807) is 9.80 Å². The van der Waals surface area contributed by atoms with E-state index in [4.69, 9.17) is 19.7 Å². The van der Waals surface area contributed by atoms with Crippen molar-refractivity contribution in [3.8, 4) is 5.88 Å². The molecule has 0 spiro atoms. The Morgan fingerprint density at radius 2 is 1.24 bits per heavy atom. The highest BCUT2D eigenvalue weighted by molar-refractivity contribution is 5.91. The molecule has 1 fully saturated rings. The van der Waals surface area contributed by atoms with Crippen LogP contribution in [0.4, 0.5) is 17.7 Å². The number of hydrogen-bond acceptors (Lipinski definition) is 12. The highest BCUT2D eigenvalue weighted by Gasteiger charge is 2.25. The molecule has 1 aliphatic heterocycles. The standard InChI is InChI=1S/C26H37N7O5/c34-15-11-32(12-16-35)25-28-22-21(23(29-25)31-9-5-2-6-10-31)27-26(33(13-17-36)14-18-37)30-24(22)38-19-20-7-3-1-4-8-20/h1,3-4,7-8,34-37H,2,5-6,9-19H2. The molecule has 1 aliphatic rings. The van der Waals surface area contributed by atoms with Crippen molar-refractivity contribution in [2.75, 3.05) is 80.4 Å². The second kappa shape index (κ2) is 14.0. The molecular weight excluding hydrogens is 490 g/mol. The number of nitrogens with zero attached hydrogens (tertiary/aromatic N) is 7. The molecule has 0 atom stereocenters. The van der Waals surface area contributed by atoms with E-state index in [-0.39, 0.29) is 65.1 Å². The zero-order valence-electron chi connectivity index (χ0n) is 21.6. The molecule has 0 bridgehead atoms. The molecule has 0 aliphatic carbocycles. The first kappa shape index (κ1) is 27.7. The van der Waals surface area contributed by atoms with Crippen molar-refractivity contribution in [3.63, 3.8) is 0 Å². The molecule has 206 valence electrons. The Morgan fingerprint density at radius 3 is 1.82 bits per heavy atom. The maximum atomic E-state index is 9.63. The zero-order chi connectivity index (χ0) is 26.7. The van der Waals surface area contributed by atoms with Crippen molar-refractivity contribution in [1.29, 1.82) is 0 Å². The number of hydrogen-bond donors (Lipinski definition) is 4. The molecule has 0 saturated carbocycles. The highest BCUT2D eigenvalue weighted by atomic mass is 16.5. The number of piperidine rings is 1. The molecule has 1 aromatic carbocycles. The molecule has 2 aromatic heterocycles. The van der Waals surface area contributed by atoms with Crippen molar-refractivity contribution >= 4 is 28.7 Å². The minimum atomic E-state index is -0.132. The van der Waals surface area contributed by atoms with E-state index in [2.05, 4.69) is 9.88 Å². The highest BCUT2D eigenvalue weighted by Crippen LogP contribution is 2.33. The van der Waals surface area contributed by atoms with Gasteiger partial charge in [-0.1, -0.05) is 30.3 Å². The monoisotopic (exact) mass is 527 g/mol. The molecule has 4 rings (SSSR count). The first-order chi connectivity index (χ1) is 18.7.